The third kappa shape index (κ3) is 3.27. The quantitative estimate of drug-likeness (QED) is 0.843. The Morgan fingerprint density at radius 3 is 1.60 bits per heavy atom. The van der Waals surface area contributed by atoms with Gasteiger partial charge in [-0.15, -0.1) is 0 Å². The van der Waals surface area contributed by atoms with E-state index >= 15 is 0 Å². The Hall–Kier alpha value is -1.64. The van der Waals surface area contributed by atoms with E-state index in [-0.39, 0.29) is 0 Å². The lowest BCUT2D eigenvalue weighted by molar-refractivity contribution is -0.265. The number of ether oxygens (including phenoxy) is 2. The molecule has 0 saturated carbocycles. The number of benzene rings is 2. The van der Waals surface area contributed by atoms with Crippen LogP contribution in [0.2, 0.25) is 0 Å². The first-order valence-electron chi connectivity index (χ1n) is 7.22. The van der Waals surface area contributed by atoms with E-state index < -0.39 is 5.79 Å². The molecule has 0 radical (unpaired) electrons. The molecular weight excluding hydrogens is 248 g/mol. The van der Waals surface area contributed by atoms with Gasteiger partial charge in [0.25, 0.3) is 0 Å². The summed E-state index contributed by atoms with van der Waals surface area (Å²) in [4.78, 5) is 0. The fourth-order valence-corrected chi connectivity index (χ4v) is 2.70. The van der Waals surface area contributed by atoms with Crippen LogP contribution in [0.1, 0.15) is 17.5 Å². The van der Waals surface area contributed by atoms with E-state index in [1.807, 2.05) is 12.1 Å². The molecule has 3 rings (SSSR count). The minimum atomic E-state index is -0.513. The molecule has 1 heterocycles. The highest BCUT2D eigenvalue weighted by atomic mass is 16.7. The van der Waals surface area contributed by atoms with E-state index in [1.165, 1.54) is 11.1 Å². The van der Waals surface area contributed by atoms with Crippen LogP contribution in [0, 0.1) is 0 Å². The lowest BCUT2D eigenvalue weighted by Crippen LogP contribution is -2.44. The van der Waals surface area contributed by atoms with Gasteiger partial charge in [-0.1, -0.05) is 60.7 Å². The second-order valence-corrected chi connectivity index (χ2v) is 5.29. The monoisotopic (exact) mass is 268 g/mol. The number of rotatable bonds is 4. The molecule has 0 unspecified atom stereocenters. The summed E-state index contributed by atoms with van der Waals surface area (Å²) in [7, 11) is 0. The van der Waals surface area contributed by atoms with Gasteiger partial charge in [-0.3, -0.25) is 0 Å². The topological polar surface area (TPSA) is 18.5 Å². The molecule has 1 aliphatic heterocycles. The molecule has 20 heavy (non-hydrogen) atoms. The van der Waals surface area contributed by atoms with E-state index in [1.54, 1.807) is 0 Å². The fourth-order valence-electron chi connectivity index (χ4n) is 2.70. The van der Waals surface area contributed by atoms with Gasteiger partial charge in [-0.2, -0.15) is 0 Å². The molecule has 104 valence electrons. The Morgan fingerprint density at radius 1 is 0.700 bits per heavy atom. The van der Waals surface area contributed by atoms with Crippen molar-refractivity contribution in [2.75, 3.05) is 13.2 Å². The average Bonchev–Trinajstić information content (AvgIpc) is 2.50. The molecule has 2 aromatic rings. The zero-order valence-corrected chi connectivity index (χ0v) is 11.6. The first kappa shape index (κ1) is 13.3. The minimum absolute atomic E-state index is 0.513. The minimum Gasteiger partial charge on any atom is -0.349 e. The van der Waals surface area contributed by atoms with Gasteiger partial charge in [-0.05, 0) is 17.5 Å². The van der Waals surface area contributed by atoms with E-state index in [9.17, 15) is 0 Å². The Kier molecular flexibility index (Phi) is 4.14. The molecule has 0 N–H and O–H groups in total. The molecule has 0 atom stereocenters. The van der Waals surface area contributed by atoms with Gasteiger partial charge in [0, 0.05) is 12.8 Å². The Labute approximate surface area is 120 Å². The predicted molar refractivity (Wildman–Crippen MR) is 79.5 cm³/mol. The molecule has 1 aliphatic rings. The molecule has 0 amide bonds. The molecule has 2 aromatic carbocycles. The highest BCUT2D eigenvalue weighted by Gasteiger charge is 2.35. The molecule has 1 saturated heterocycles. The van der Waals surface area contributed by atoms with E-state index in [0.29, 0.717) is 0 Å². The van der Waals surface area contributed by atoms with Crippen LogP contribution < -0.4 is 0 Å². The smallest absolute Gasteiger partial charge is 0.176 e. The van der Waals surface area contributed by atoms with Crippen LogP contribution in [0.5, 0.6) is 0 Å². The zero-order chi connectivity index (χ0) is 13.7. The first-order valence-corrected chi connectivity index (χ1v) is 7.22. The maximum Gasteiger partial charge on any atom is 0.176 e. The SMILES string of the molecule is c1ccc(CC2(Cc3ccccc3)OCCCO2)cc1. The van der Waals surface area contributed by atoms with Gasteiger partial charge >= 0.3 is 0 Å². The fraction of sp³-hybridized carbons (Fsp3) is 0.333. The van der Waals surface area contributed by atoms with Gasteiger partial charge in [0.2, 0.25) is 0 Å². The highest BCUT2D eigenvalue weighted by Crippen LogP contribution is 2.28. The van der Waals surface area contributed by atoms with Gasteiger partial charge in [0.15, 0.2) is 5.79 Å². The summed E-state index contributed by atoms with van der Waals surface area (Å²) in [6, 6.07) is 20.9. The predicted octanol–water partition coefficient (Wildman–Crippen LogP) is 3.61. The normalized spacial score (nSPS) is 17.8. The maximum atomic E-state index is 6.05. The lowest BCUT2D eigenvalue weighted by atomic mass is 9.97. The van der Waals surface area contributed by atoms with Crippen LogP contribution in [0.15, 0.2) is 60.7 Å². The summed E-state index contributed by atoms with van der Waals surface area (Å²) >= 11 is 0. The van der Waals surface area contributed by atoms with Crippen molar-refractivity contribution in [2.45, 2.75) is 25.0 Å². The lowest BCUT2D eigenvalue weighted by Gasteiger charge is -2.37. The first-order chi connectivity index (χ1) is 9.86. The molecular formula is C18H20O2. The van der Waals surface area contributed by atoms with E-state index in [4.69, 9.17) is 9.47 Å². The van der Waals surface area contributed by atoms with Crippen molar-refractivity contribution >= 4 is 0 Å². The van der Waals surface area contributed by atoms with Crippen LogP contribution in [-0.2, 0) is 22.3 Å². The Balaban J connectivity index is 1.81. The standard InChI is InChI=1S/C18H20O2/c1-3-8-16(9-4-1)14-18(19-12-7-13-20-18)15-17-10-5-2-6-11-17/h1-6,8-11H,7,12-15H2. The summed E-state index contributed by atoms with van der Waals surface area (Å²) < 4.78 is 12.1. The van der Waals surface area contributed by atoms with Crippen molar-refractivity contribution in [3.8, 4) is 0 Å². The Bertz CT molecular complexity index is 472. The molecule has 1 fully saturated rings. The molecule has 0 aliphatic carbocycles. The van der Waals surface area contributed by atoms with Crippen molar-refractivity contribution in [1.29, 1.82) is 0 Å². The summed E-state index contributed by atoms with van der Waals surface area (Å²) in [5.41, 5.74) is 2.51. The van der Waals surface area contributed by atoms with Gasteiger partial charge in [-0.25, -0.2) is 0 Å². The van der Waals surface area contributed by atoms with E-state index in [0.717, 1.165) is 32.5 Å². The van der Waals surface area contributed by atoms with Crippen molar-refractivity contribution in [2.24, 2.45) is 0 Å². The Morgan fingerprint density at radius 2 is 1.15 bits per heavy atom. The average molecular weight is 268 g/mol. The van der Waals surface area contributed by atoms with Gasteiger partial charge in [0.05, 0.1) is 13.2 Å². The van der Waals surface area contributed by atoms with Crippen LogP contribution in [-0.4, -0.2) is 19.0 Å². The van der Waals surface area contributed by atoms with Crippen LogP contribution in [0.3, 0.4) is 0 Å². The molecule has 2 nitrogen and oxygen atoms in total. The van der Waals surface area contributed by atoms with Crippen molar-refractivity contribution < 1.29 is 9.47 Å². The summed E-state index contributed by atoms with van der Waals surface area (Å²) in [6.45, 7) is 1.55. The second-order valence-electron chi connectivity index (χ2n) is 5.29. The van der Waals surface area contributed by atoms with Gasteiger partial charge in [0.1, 0.15) is 0 Å². The molecule has 0 bridgehead atoms. The molecule has 2 heteroatoms. The summed E-state index contributed by atoms with van der Waals surface area (Å²) in [5, 5.41) is 0. The van der Waals surface area contributed by atoms with Crippen LogP contribution in [0.4, 0.5) is 0 Å². The van der Waals surface area contributed by atoms with Crippen molar-refractivity contribution in [3.63, 3.8) is 0 Å². The maximum absolute atomic E-state index is 6.05. The van der Waals surface area contributed by atoms with Crippen LogP contribution in [0.25, 0.3) is 0 Å². The van der Waals surface area contributed by atoms with E-state index in [2.05, 4.69) is 48.5 Å². The van der Waals surface area contributed by atoms with Crippen molar-refractivity contribution in [1.82, 2.24) is 0 Å². The summed E-state index contributed by atoms with van der Waals surface area (Å²) in [5.74, 6) is -0.513. The number of hydrogen-bond acceptors (Lipinski definition) is 2. The van der Waals surface area contributed by atoms with Crippen molar-refractivity contribution in [3.05, 3.63) is 71.8 Å². The highest BCUT2D eigenvalue weighted by molar-refractivity contribution is 5.20. The molecule has 0 aromatic heterocycles. The summed E-state index contributed by atoms with van der Waals surface area (Å²) in [6.07, 6.45) is 2.57. The second kappa shape index (κ2) is 6.21. The zero-order valence-electron chi connectivity index (χ0n) is 11.6. The van der Waals surface area contributed by atoms with Gasteiger partial charge < -0.3 is 9.47 Å². The molecule has 0 spiro atoms. The third-order valence-electron chi connectivity index (χ3n) is 3.65. The largest absolute Gasteiger partial charge is 0.349 e. The third-order valence-corrected chi connectivity index (χ3v) is 3.65. The van der Waals surface area contributed by atoms with Crippen LogP contribution >= 0.6 is 0 Å². The number of hydrogen-bond donors (Lipinski definition) is 0.